The third-order valence-corrected chi connectivity index (χ3v) is 3.73. The van der Waals surface area contributed by atoms with Crippen LogP contribution in [0.15, 0.2) is 24.3 Å². The zero-order valence-electron chi connectivity index (χ0n) is 12.6. The molecule has 0 radical (unpaired) electrons. The van der Waals surface area contributed by atoms with Crippen LogP contribution in [0.4, 0.5) is 5.69 Å². The Hall–Kier alpha value is -1.22. The summed E-state index contributed by atoms with van der Waals surface area (Å²) >= 11 is 0. The van der Waals surface area contributed by atoms with Crippen LogP contribution in [0.3, 0.4) is 0 Å². The molecule has 0 saturated heterocycles. The first-order valence-electron chi connectivity index (χ1n) is 7.17. The van der Waals surface area contributed by atoms with E-state index in [0.29, 0.717) is 5.41 Å². The van der Waals surface area contributed by atoms with E-state index in [1.807, 2.05) is 7.05 Å². The van der Waals surface area contributed by atoms with Crippen LogP contribution in [0.5, 0.6) is 5.75 Å². The van der Waals surface area contributed by atoms with Gasteiger partial charge in [0.2, 0.25) is 0 Å². The number of hydrogen-bond donors (Lipinski definition) is 1. The monoisotopic (exact) mass is 262 g/mol. The lowest BCUT2D eigenvalue weighted by Crippen LogP contribution is -2.32. The van der Waals surface area contributed by atoms with Crippen molar-refractivity contribution in [3.05, 3.63) is 24.3 Å². The summed E-state index contributed by atoms with van der Waals surface area (Å²) < 4.78 is 5.67. The van der Waals surface area contributed by atoms with Gasteiger partial charge in [0.1, 0.15) is 5.75 Å². The van der Waals surface area contributed by atoms with Crippen LogP contribution in [0.1, 0.15) is 26.7 Å². The summed E-state index contributed by atoms with van der Waals surface area (Å²) in [5.74, 6) is 0.948. The summed E-state index contributed by atoms with van der Waals surface area (Å²) in [6, 6.07) is 8.41. The van der Waals surface area contributed by atoms with E-state index >= 15 is 0 Å². The van der Waals surface area contributed by atoms with Crippen LogP contribution in [0.25, 0.3) is 0 Å². The third kappa shape index (κ3) is 3.87. The van der Waals surface area contributed by atoms with Gasteiger partial charge >= 0.3 is 0 Å². The molecular formula is C16H26N2O. The maximum absolute atomic E-state index is 5.67. The fourth-order valence-corrected chi connectivity index (χ4v) is 2.59. The number of anilines is 1. The highest BCUT2D eigenvalue weighted by molar-refractivity contribution is 5.48. The Balaban J connectivity index is 1.94. The molecule has 1 aliphatic carbocycles. The predicted octanol–water partition coefficient (Wildman–Crippen LogP) is 2.91. The van der Waals surface area contributed by atoms with E-state index in [9.17, 15) is 0 Å². The lowest BCUT2D eigenvalue weighted by atomic mass is 10.1. The van der Waals surface area contributed by atoms with E-state index < -0.39 is 0 Å². The molecule has 0 atom stereocenters. The van der Waals surface area contributed by atoms with Crippen molar-refractivity contribution in [2.75, 3.05) is 32.1 Å². The molecule has 1 aromatic rings. The van der Waals surface area contributed by atoms with E-state index in [2.05, 4.69) is 55.4 Å². The maximum Gasteiger partial charge on any atom is 0.119 e. The van der Waals surface area contributed by atoms with Crippen molar-refractivity contribution in [1.82, 2.24) is 5.32 Å². The Morgan fingerprint density at radius 3 is 2.37 bits per heavy atom. The molecule has 0 aliphatic heterocycles. The fraction of sp³-hybridized carbons (Fsp3) is 0.625. The number of benzene rings is 1. The molecule has 1 N–H and O–H groups in total. The van der Waals surface area contributed by atoms with E-state index in [0.717, 1.165) is 18.8 Å². The first-order chi connectivity index (χ1) is 9.04. The lowest BCUT2D eigenvalue weighted by Gasteiger charge is -2.25. The summed E-state index contributed by atoms with van der Waals surface area (Å²) in [7, 11) is 4.21. The minimum Gasteiger partial charge on any atom is -0.491 e. The molecular weight excluding hydrogens is 236 g/mol. The van der Waals surface area contributed by atoms with Gasteiger partial charge in [0.25, 0.3) is 0 Å². The molecule has 0 bridgehead atoms. The molecule has 1 aromatic carbocycles. The van der Waals surface area contributed by atoms with E-state index in [4.69, 9.17) is 4.74 Å². The predicted molar refractivity (Wildman–Crippen MR) is 81.1 cm³/mol. The zero-order valence-corrected chi connectivity index (χ0v) is 12.6. The molecule has 3 heteroatoms. The summed E-state index contributed by atoms with van der Waals surface area (Å²) in [4.78, 5) is 2.35. The topological polar surface area (TPSA) is 24.5 Å². The summed E-state index contributed by atoms with van der Waals surface area (Å²) in [6.45, 7) is 6.34. The molecule has 1 aliphatic rings. The standard InChI is InChI=1S/C16H26N2O/c1-13(2)19-15-7-5-14(6-8-15)18(4)12-16(9-10-16)11-17-3/h5-8,13,17H,9-12H2,1-4H3. The van der Waals surface area contributed by atoms with Crippen molar-refractivity contribution >= 4 is 5.69 Å². The van der Waals surface area contributed by atoms with Gasteiger partial charge in [-0.3, -0.25) is 0 Å². The van der Waals surface area contributed by atoms with Gasteiger partial charge in [-0.1, -0.05) is 0 Å². The lowest BCUT2D eigenvalue weighted by molar-refractivity contribution is 0.242. The average Bonchev–Trinajstić information content (AvgIpc) is 3.09. The molecule has 19 heavy (non-hydrogen) atoms. The van der Waals surface area contributed by atoms with Crippen molar-refractivity contribution in [3.63, 3.8) is 0 Å². The van der Waals surface area contributed by atoms with Gasteiger partial charge < -0.3 is 15.0 Å². The number of rotatable bonds is 7. The van der Waals surface area contributed by atoms with Gasteiger partial charge in [0.05, 0.1) is 6.10 Å². The molecule has 1 fully saturated rings. The Labute approximate surface area is 116 Å². The molecule has 0 spiro atoms. The third-order valence-electron chi connectivity index (χ3n) is 3.73. The number of nitrogens with one attached hydrogen (secondary N) is 1. The normalized spacial score (nSPS) is 16.5. The molecule has 2 rings (SSSR count). The van der Waals surface area contributed by atoms with Crippen molar-refractivity contribution in [2.24, 2.45) is 5.41 Å². The maximum atomic E-state index is 5.67. The van der Waals surface area contributed by atoms with Crippen molar-refractivity contribution in [2.45, 2.75) is 32.8 Å². The Morgan fingerprint density at radius 2 is 1.89 bits per heavy atom. The average molecular weight is 262 g/mol. The van der Waals surface area contributed by atoms with Crippen LogP contribution in [-0.2, 0) is 0 Å². The molecule has 0 unspecified atom stereocenters. The number of ether oxygens (including phenoxy) is 1. The zero-order chi connectivity index (χ0) is 13.9. The molecule has 0 aromatic heterocycles. The van der Waals surface area contributed by atoms with Crippen LogP contribution < -0.4 is 15.0 Å². The van der Waals surface area contributed by atoms with Gasteiger partial charge in [-0.2, -0.15) is 0 Å². The van der Waals surface area contributed by atoms with Crippen molar-refractivity contribution in [1.29, 1.82) is 0 Å². The van der Waals surface area contributed by atoms with Gasteiger partial charge in [-0.05, 0) is 58.0 Å². The van der Waals surface area contributed by atoms with Gasteiger partial charge in [0.15, 0.2) is 0 Å². The van der Waals surface area contributed by atoms with Gasteiger partial charge in [-0.15, -0.1) is 0 Å². The highest BCUT2D eigenvalue weighted by Crippen LogP contribution is 2.45. The fourth-order valence-electron chi connectivity index (χ4n) is 2.59. The van der Waals surface area contributed by atoms with Gasteiger partial charge in [-0.25, -0.2) is 0 Å². The van der Waals surface area contributed by atoms with Crippen LogP contribution in [0, 0.1) is 5.41 Å². The number of hydrogen-bond acceptors (Lipinski definition) is 3. The SMILES string of the molecule is CNCC1(CN(C)c2ccc(OC(C)C)cc2)CC1. The Bertz CT molecular complexity index is 396. The van der Waals surface area contributed by atoms with E-state index in [1.165, 1.54) is 18.5 Å². The summed E-state index contributed by atoms with van der Waals surface area (Å²) in [5, 5.41) is 3.31. The Morgan fingerprint density at radius 1 is 1.26 bits per heavy atom. The largest absolute Gasteiger partial charge is 0.491 e. The molecule has 0 heterocycles. The van der Waals surface area contributed by atoms with E-state index in [-0.39, 0.29) is 6.10 Å². The summed E-state index contributed by atoms with van der Waals surface area (Å²) in [6.07, 6.45) is 2.91. The first kappa shape index (κ1) is 14.2. The smallest absolute Gasteiger partial charge is 0.119 e. The second kappa shape index (κ2) is 5.83. The minimum absolute atomic E-state index is 0.231. The second-order valence-electron chi connectivity index (χ2n) is 6.05. The van der Waals surface area contributed by atoms with Gasteiger partial charge in [0, 0.05) is 31.2 Å². The molecule has 0 amide bonds. The summed E-state index contributed by atoms with van der Waals surface area (Å²) in [5.41, 5.74) is 1.76. The highest BCUT2D eigenvalue weighted by Gasteiger charge is 2.42. The van der Waals surface area contributed by atoms with Crippen LogP contribution in [0.2, 0.25) is 0 Å². The van der Waals surface area contributed by atoms with Crippen LogP contribution in [-0.4, -0.2) is 33.3 Å². The van der Waals surface area contributed by atoms with Crippen molar-refractivity contribution in [3.8, 4) is 5.75 Å². The number of nitrogens with zero attached hydrogens (tertiary/aromatic N) is 1. The molecule has 3 nitrogen and oxygen atoms in total. The van der Waals surface area contributed by atoms with Crippen molar-refractivity contribution < 1.29 is 4.74 Å². The first-order valence-corrected chi connectivity index (χ1v) is 7.17. The van der Waals surface area contributed by atoms with E-state index in [1.54, 1.807) is 0 Å². The second-order valence-corrected chi connectivity index (χ2v) is 6.05. The minimum atomic E-state index is 0.231. The quantitative estimate of drug-likeness (QED) is 0.817. The molecule has 106 valence electrons. The van der Waals surface area contributed by atoms with Crippen LogP contribution >= 0.6 is 0 Å². The highest BCUT2D eigenvalue weighted by atomic mass is 16.5. The molecule has 1 saturated carbocycles. The Kier molecular flexibility index (Phi) is 4.35.